The topological polar surface area (TPSA) is 161 Å². The van der Waals surface area contributed by atoms with Gasteiger partial charge in [0.1, 0.15) is 17.6 Å². The van der Waals surface area contributed by atoms with Gasteiger partial charge in [0, 0.05) is 6.20 Å². The van der Waals surface area contributed by atoms with Gasteiger partial charge in [0.25, 0.3) is 11.5 Å². The maximum absolute atomic E-state index is 14.7. The average Bonchev–Trinajstić information content (AvgIpc) is 3.30. The van der Waals surface area contributed by atoms with Crippen LogP contribution < -0.4 is 21.9 Å². The van der Waals surface area contributed by atoms with Crippen LogP contribution in [-0.4, -0.2) is 45.6 Å². The van der Waals surface area contributed by atoms with Crippen LogP contribution in [0.15, 0.2) is 65.6 Å². The first-order valence-electron chi connectivity index (χ1n) is 11.8. The van der Waals surface area contributed by atoms with Crippen LogP contribution in [0.2, 0.25) is 0 Å². The number of para-hydroxylation sites is 1. The molecule has 0 unspecified atom stereocenters. The number of carbonyl (C=O) groups excluding carboxylic acids is 3. The number of halogens is 2. The Labute approximate surface area is 221 Å². The summed E-state index contributed by atoms with van der Waals surface area (Å²) < 4.78 is 35.1. The van der Waals surface area contributed by atoms with Gasteiger partial charge in [-0.05, 0) is 49.6 Å². The van der Waals surface area contributed by atoms with Crippen LogP contribution in [0.25, 0.3) is 11.0 Å². The van der Waals surface area contributed by atoms with Crippen LogP contribution in [0.1, 0.15) is 31.2 Å². The number of pyridine rings is 1. The molecule has 0 aliphatic carbocycles. The molecule has 5 N–H and O–H groups in total. The number of H-pyrrole nitrogens is 1. The van der Waals surface area contributed by atoms with E-state index in [0.717, 1.165) is 13.2 Å². The van der Waals surface area contributed by atoms with Gasteiger partial charge in [-0.1, -0.05) is 24.8 Å². The van der Waals surface area contributed by atoms with Gasteiger partial charge in [-0.2, -0.15) is 8.78 Å². The highest BCUT2D eigenvalue weighted by Gasteiger charge is 2.35. The van der Waals surface area contributed by atoms with Crippen molar-refractivity contribution in [3.8, 4) is 0 Å². The molecule has 0 aliphatic heterocycles. The molecule has 13 heteroatoms. The first-order chi connectivity index (χ1) is 18.4. The number of ether oxygens (including phenoxy) is 1. The van der Waals surface area contributed by atoms with Gasteiger partial charge in [-0.3, -0.25) is 14.4 Å². The van der Waals surface area contributed by atoms with E-state index in [-0.39, 0.29) is 47.6 Å². The highest BCUT2D eigenvalue weighted by atomic mass is 19.3. The summed E-state index contributed by atoms with van der Waals surface area (Å²) in [6.45, 7) is 4.50. The molecule has 0 saturated carbocycles. The normalized spacial score (nSPS) is 12.3. The molecular weight excluding hydrogens is 514 g/mol. The lowest BCUT2D eigenvalue weighted by Crippen LogP contribution is -2.44. The Morgan fingerprint density at radius 2 is 2.03 bits per heavy atom. The number of anilines is 1. The minimum atomic E-state index is -3.29. The molecule has 0 saturated heterocycles. The van der Waals surface area contributed by atoms with Crippen LogP contribution in [0.5, 0.6) is 0 Å². The quantitative estimate of drug-likeness (QED) is 0.215. The highest BCUT2D eigenvalue weighted by Crippen LogP contribution is 2.37. The SMILES string of the molecule is C=C(C)C(F)(F)c1cccc2[nH]c(Cn3cccc(NC(=O)[C@H](CC/C=C/C(N)=O)NC(=O)OC)c3=O)nc12. The number of aromatic amines is 1. The molecule has 0 radical (unpaired) electrons. The fourth-order valence-electron chi connectivity index (χ4n) is 3.71. The molecule has 3 rings (SSSR count). The van der Waals surface area contributed by atoms with Crippen molar-refractivity contribution in [1.82, 2.24) is 19.9 Å². The Morgan fingerprint density at radius 3 is 2.69 bits per heavy atom. The van der Waals surface area contributed by atoms with Crippen molar-refractivity contribution in [1.29, 1.82) is 0 Å². The van der Waals surface area contributed by atoms with Gasteiger partial charge in [0.15, 0.2) is 0 Å². The van der Waals surface area contributed by atoms with Crippen LogP contribution in [0.4, 0.5) is 19.3 Å². The Hall–Kier alpha value is -4.81. The smallest absolute Gasteiger partial charge is 0.407 e. The number of aromatic nitrogens is 3. The zero-order chi connectivity index (χ0) is 28.7. The molecule has 2 heterocycles. The van der Waals surface area contributed by atoms with Gasteiger partial charge < -0.3 is 30.7 Å². The zero-order valence-corrected chi connectivity index (χ0v) is 21.3. The number of primary amides is 1. The zero-order valence-electron chi connectivity index (χ0n) is 21.3. The fourth-order valence-corrected chi connectivity index (χ4v) is 3.71. The number of amides is 3. The molecule has 11 nitrogen and oxygen atoms in total. The van der Waals surface area contributed by atoms with E-state index in [1.54, 1.807) is 6.07 Å². The van der Waals surface area contributed by atoms with Crippen LogP contribution in [0, 0.1) is 0 Å². The van der Waals surface area contributed by atoms with Crippen LogP contribution >= 0.6 is 0 Å². The second-order valence-corrected chi connectivity index (χ2v) is 8.65. The number of nitrogens with zero attached hydrogens (tertiary/aromatic N) is 2. The van der Waals surface area contributed by atoms with E-state index in [9.17, 15) is 28.0 Å². The third kappa shape index (κ3) is 6.94. The monoisotopic (exact) mass is 542 g/mol. The second kappa shape index (κ2) is 12.2. The minimum absolute atomic E-state index is 0.0557. The predicted octanol–water partition coefficient (Wildman–Crippen LogP) is 2.93. The fraction of sp³-hybridized carbons (Fsp3) is 0.269. The number of alkyl halides is 2. The van der Waals surface area contributed by atoms with Gasteiger partial charge in [-0.25, -0.2) is 9.78 Å². The van der Waals surface area contributed by atoms with E-state index in [1.807, 2.05) is 0 Å². The van der Waals surface area contributed by atoms with E-state index in [0.29, 0.717) is 5.52 Å². The maximum Gasteiger partial charge on any atom is 0.407 e. The Balaban J connectivity index is 1.83. The molecular formula is C26H28F2N6O5. The number of benzene rings is 1. The van der Waals surface area contributed by atoms with E-state index in [1.165, 1.54) is 48.0 Å². The summed E-state index contributed by atoms with van der Waals surface area (Å²) in [6.07, 6.45) is 3.48. The Morgan fingerprint density at radius 1 is 1.28 bits per heavy atom. The van der Waals surface area contributed by atoms with Crippen LogP contribution in [0.3, 0.4) is 0 Å². The lowest BCUT2D eigenvalue weighted by Gasteiger charge is -2.17. The summed E-state index contributed by atoms with van der Waals surface area (Å²) >= 11 is 0. The van der Waals surface area contributed by atoms with Crippen molar-refractivity contribution in [2.24, 2.45) is 5.73 Å². The summed E-state index contributed by atoms with van der Waals surface area (Å²) in [5, 5.41) is 4.86. The number of hydrogen-bond donors (Lipinski definition) is 4. The number of methoxy groups -OCH3 is 1. The number of allylic oxidation sites excluding steroid dienone is 2. The van der Waals surface area contributed by atoms with Gasteiger partial charge in [0.05, 0.1) is 30.3 Å². The summed E-state index contributed by atoms with van der Waals surface area (Å²) in [6, 6.07) is 6.14. The molecule has 2 aromatic heterocycles. The minimum Gasteiger partial charge on any atom is -0.453 e. The molecule has 0 fully saturated rings. The standard InChI is InChI=1S/C26H28F2N6O5/c1-15(2)26(27,28)16-8-6-10-17-22(16)33-21(30-17)14-34-13-7-11-19(24(34)37)31-23(36)18(32-25(38)39-3)9-4-5-12-20(29)35/h5-8,10-13,18H,1,4,9,14H2,2-3H3,(H2,29,35)(H,30,33)(H,31,36)(H,32,38)/b12-5+/t18-/m0/s1. The van der Waals surface area contributed by atoms with Crippen molar-refractivity contribution in [3.63, 3.8) is 0 Å². The number of hydrogen-bond acceptors (Lipinski definition) is 6. The predicted molar refractivity (Wildman–Crippen MR) is 140 cm³/mol. The highest BCUT2D eigenvalue weighted by molar-refractivity contribution is 5.96. The molecule has 3 amide bonds. The average molecular weight is 543 g/mol. The van der Waals surface area contributed by atoms with Crippen molar-refractivity contribution >= 4 is 34.6 Å². The number of imidazole rings is 1. The van der Waals surface area contributed by atoms with Crippen molar-refractivity contribution in [2.75, 3.05) is 12.4 Å². The number of alkyl carbamates (subject to hydrolysis) is 1. The molecule has 0 aliphatic rings. The van der Waals surface area contributed by atoms with Gasteiger partial charge in [-0.15, -0.1) is 0 Å². The number of nitrogens with two attached hydrogens (primary N) is 1. The second-order valence-electron chi connectivity index (χ2n) is 8.65. The first kappa shape index (κ1) is 28.8. The van der Waals surface area contributed by atoms with Crippen LogP contribution in [-0.2, 0) is 26.8 Å². The summed E-state index contributed by atoms with van der Waals surface area (Å²) in [5.74, 6) is -4.41. The van der Waals surface area contributed by atoms with Crippen molar-refractivity contribution < 1.29 is 27.9 Å². The van der Waals surface area contributed by atoms with E-state index in [2.05, 4.69) is 31.9 Å². The third-order valence-corrected chi connectivity index (χ3v) is 5.73. The molecule has 206 valence electrons. The van der Waals surface area contributed by atoms with Crippen molar-refractivity contribution in [3.05, 3.63) is 82.6 Å². The molecule has 1 aromatic carbocycles. The number of rotatable bonds is 11. The largest absolute Gasteiger partial charge is 0.453 e. The summed E-state index contributed by atoms with van der Waals surface area (Å²) in [7, 11) is 1.13. The Kier molecular flexibility index (Phi) is 8.96. The molecule has 39 heavy (non-hydrogen) atoms. The number of fused-ring (bicyclic) bond motifs is 1. The lowest BCUT2D eigenvalue weighted by atomic mass is 10.0. The number of carbonyl (C=O) groups is 3. The first-order valence-corrected chi connectivity index (χ1v) is 11.8. The van der Waals surface area contributed by atoms with E-state index >= 15 is 0 Å². The molecule has 0 bridgehead atoms. The Bertz CT molecular complexity index is 1490. The third-order valence-electron chi connectivity index (χ3n) is 5.73. The molecule has 0 spiro atoms. The maximum atomic E-state index is 14.7. The number of nitrogens with one attached hydrogen (secondary N) is 3. The summed E-state index contributed by atoms with van der Waals surface area (Å²) in [5.41, 5.74) is 4.15. The molecule has 3 aromatic rings. The summed E-state index contributed by atoms with van der Waals surface area (Å²) in [4.78, 5) is 55.8. The van der Waals surface area contributed by atoms with E-state index < -0.39 is 35.4 Å². The molecule has 1 atom stereocenters. The van der Waals surface area contributed by atoms with Gasteiger partial charge >= 0.3 is 6.09 Å². The van der Waals surface area contributed by atoms with Crippen molar-refractivity contribution in [2.45, 2.75) is 38.3 Å². The van der Waals surface area contributed by atoms with Gasteiger partial charge in [0.2, 0.25) is 11.8 Å². The van der Waals surface area contributed by atoms with E-state index in [4.69, 9.17) is 5.73 Å². The lowest BCUT2D eigenvalue weighted by molar-refractivity contribution is -0.118.